The van der Waals surface area contributed by atoms with Crippen molar-refractivity contribution in [2.24, 2.45) is 17.3 Å². The fraction of sp³-hybridized carbons (Fsp3) is 0.620. The standard InChI is InChI=1S/C50H64N4O9/c1-7-46(58)26-30-27-49(44(56)61-5,39-33(18-22-53(28-30)29-46)32-16-11-12-17-36(32)51-39)35-24-34-37(25-38(35)60-4)52(3)42-48(34)20-23-54-21-13-19-47(8-2,41(48)54)43(50(42,59)45(57)62-6)63-40(55)31-14-9-10-15-31/h11-13,16-17,19,24-25,30-31,41-43,51,58-59H,7-10,14-15,18,20-23,26-29H2,1-6H3/t30-,41?,42?,43+,46-,47+,48?,49+,50-/m0/s1. The SMILES string of the molecule is CC[C@]1(O)C[C@@H]2CN(CCc3c([nH]c4ccccc34)[C@](C(=O)OC)(c3cc4c(cc3OC)N(C)C3C45CCN4CC=C[C@](CC)(C45)[C@@H](OC(=O)C4CCCC4)[C@]3(O)C(=O)OC)C2)C1. The number of rotatable bonds is 8. The van der Waals surface area contributed by atoms with E-state index in [0.717, 1.165) is 46.3 Å². The fourth-order valence-corrected chi connectivity index (χ4v) is 14.7. The van der Waals surface area contributed by atoms with Crippen molar-refractivity contribution >= 4 is 34.5 Å². The Bertz CT molecular complexity index is 2380. The maximum atomic E-state index is 15.4. The highest BCUT2D eigenvalue weighted by atomic mass is 16.6. The third-order valence-electron chi connectivity index (χ3n) is 17.2. The van der Waals surface area contributed by atoms with Gasteiger partial charge in [-0.25, -0.2) is 4.79 Å². The number of benzene rings is 2. The summed E-state index contributed by atoms with van der Waals surface area (Å²) in [7, 11) is 6.25. The van der Waals surface area contributed by atoms with Gasteiger partial charge < -0.3 is 39.0 Å². The number of carbonyl (C=O) groups is 3. The van der Waals surface area contributed by atoms with Gasteiger partial charge in [0.1, 0.15) is 11.2 Å². The average Bonchev–Trinajstić information content (AvgIpc) is 4.11. The summed E-state index contributed by atoms with van der Waals surface area (Å²) in [6.07, 6.45) is 9.39. The molecule has 1 spiro atoms. The zero-order chi connectivity index (χ0) is 44.3. The first-order valence-corrected chi connectivity index (χ1v) is 23.3. The Kier molecular flexibility index (Phi) is 10.2. The number of hydrogen-bond acceptors (Lipinski definition) is 12. The van der Waals surface area contributed by atoms with Gasteiger partial charge in [-0.3, -0.25) is 19.4 Å². The van der Waals surface area contributed by atoms with Gasteiger partial charge in [-0.2, -0.15) is 0 Å². The van der Waals surface area contributed by atoms with Gasteiger partial charge in [0.2, 0.25) is 5.60 Å². The second-order valence-corrected chi connectivity index (χ2v) is 20.0. The number of nitrogens with one attached hydrogen (secondary N) is 1. The third kappa shape index (κ3) is 5.70. The highest BCUT2D eigenvalue weighted by molar-refractivity contribution is 5.95. The summed E-state index contributed by atoms with van der Waals surface area (Å²) in [5, 5.41) is 26.7. The van der Waals surface area contributed by atoms with Crippen LogP contribution in [-0.2, 0) is 45.8 Å². The van der Waals surface area contributed by atoms with Crippen LogP contribution in [0.4, 0.5) is 5.69 Å². The molecule has 0 radical (unpaired) electrons. The lowest BCUT2D eigenvalue weighted by Crippen LogP contribution is -2.81. The minimum atomic E-state index is -2.30. The first kappa shape index (κ1) is 42.5. The van der Waals surface area contributed by atoms with E-state index in [-0.39, 0.29) is 23.8 Å². The lowest BCUT2D eigenvalue weighted by atomic mass is 9.47. The molecular weight excluding hydrogens is 801 g/mol. The van der Waals surface area contributed by atoms with Crippen molar-refractivity contribution in [2.45, 2.75) is 118 Å². The Balaban J connectivity index is 1.25. The molecule has 0 amide bonds. The van der Waals surface area contributed by atoms with Crippen molar-refractivity contribution in [3.05, 3.63) is 70.9 Å². The number of esters is 3. The molecule has 13 heteroatoms. The van der Waals surface area contributed by atoms with Gasteiger partial charge >= 0.3 is 17.9 Å². The van der Waals surface area contributed by atoms with Crippen molar-refractivity contribution < 1.29 is 43.5 Å². The number of H-pyrrole nitrogens is 1. The van der Waals surface area contributed by atoms with E-state index in [1.807, 2.05) is 43.1 Å². The highest BCUT2D eigenvalue weighted by Crippen LogP contribution is 2.68. The van der Waals surface area contributed by atoms with Gasteiger partial charge in [0.05, 0.1) is 38.9 Å². The molecule has 5 aliphatic heterocycles. The smallest absolute Gasteiger partial charge is 0.344 e. The van der Waals surface area contributed by atoms with E-state index in [0.29, 0.717) is 95.4 Å². The van der Waals surface area contributed by atoms with E-state index >= 15 is 4.79 Å². The second kappa shape index (κ2) is 15.1. The summed E-state index contributed by atoms with van der Waals surface area (Å²) in [6, 6.07) is 11.1. The van der Waals surface area contributed by atoms with Crippen LogP contribution in [0.15, 0.2) is 48.6 Å². The molecule has 4 fully saturated rings. The van der Waals surface area contributed by atoms with Gasteiger partial charge in [0.25, 0.3) is 0 Å². The number of piperidine rings is 1. The van der Waals surface area contributed by atoms with Crippen LogP contribution in [-0.4, -0.2) is 133 Å². The highest BCUT2D eigenvalue weighted by Gasteiger charge is 2.80. The predicted octanol–water partition coefficient (Wildman–Crippen LogP) is 5.16. The Hall–Kier alpha value is -4.43. The molecule has 7 aliphatic rings. The third-order valence-corrected chi connectivity index (χ3v) is 17.2. The number of likely N-dealkylation sites (N-methyl/N-ethyl adjacent to an activating group) is 1. The summed E-state index contributed by atoms with van der Waals surface area (Å²) in [4.78, 5) is 54.9. The number of aromatic nitrogens is 1. The van der Waals surface area contributed by atoms with Crippen LogP contribution >= 0.6 is 0 Å². The molecule has 1 aromatic heterocycles. The Morgan fingerprint density at radius 3 is 2.40 bits per heavy atom. The van der Waals surface area contributed by atoms with Crippen LogP contribution in [0.5, 0.6) is 5.75 Å². The van der Waals surface area contributed by atoms with Crippen LogP contribution in [0, 0.1) is 17.3 Å². The van der Waals surface area contributed by atoms with E-state index in [2.05, 4.69) is 46.0 Å². The number of hydrogen-bond donors (Lipinski definition) is 3. The molecule has 2 saturated carbocycles. The number of nitrogens with zero attached hydrogens (tertiary/aromatic N) is 3. The van der Waals surface area contributed by atoms with Crippen LogP contribution in [0.2, 0.25) is 0 Å². The fourth-order valence-electron chi connectivity index (χ4n) is 14.7. The molecule has 2 saturated heterocycles. The van der Waals surface area contributed by atoms with Crippen LogP contribution in [0.3, 0.4) is 0 Å². The number of para-hydroxylation sites is 1. The van der Waals surface area contributed by atoms with Crippen LogP contribution in [0.1, 0.15) is 94.0 Å². The Morgan fingerprint density at radius 2 is 1.68 bits per heavy atom. The van der Waals surface area contributed by atoms with Gasteiger partial charge in [0, 0.05) is 84.0 Å². The second-order valence-electron chi connectivity index (χ2n) is 20.0. The maximum Gasteiger partial charge on any atom is 0.344 e. The largest absolute Gasteiger partial charge is 0.496 e. The van der Waals surface area contributed by atoms with Gasteiger partial charge in [0.15, 0.2) is 6.10 Å². The molecule has 3 N–H and O–H groups in total. The number of aliphatic hydroxyl groups is 2. The number of aromatic amines is 1. The minimum Gasteiger partial charge on any atom is -0.496 e. The van der Waals surface area contributed by atoms with Crippen molar-refractivity contribution in [1.29, 1.82) is 0 Å². The van der Waals surface area contributed by atoms with Gasteiger partial charge in [-0.15, -0.1) is 0 Å². The summed E-state index contributed by atoms with van der Waals surface area (Å²) < 4.78 is 24.6. The van der Waals surface area contributed by atoms with Crippen molar-refractivity contribution in [3.63, 3.8) is 0 Å². The topological polar surface area (TPSA) is 154 Å². The average molecular weight is 865 g/mol. The molecule has 13 nitrogen and oxygen atoms in total. The number of fused-ring (bicyclic) bond motifs is 6. The van der Waals surface area contributed by atoms with Crippen molar-refractivity contribution in [2.75, 3.05) is 66.0 Å². The molecule has 2 aliphatic carbocycles. The normalized spacial score (nSPS) is 37.0. The summed E-state index contributed by atoms with van der Waals surface area (Å²) >= 11 is 0. The van der Waals surface area contributed by atoms with Crippen molar-refractivity contribution in [3.8, 4) is 5.75 Å². The molecule has 4 unspecified atom stereocenters. The molecular formula is C50H64N4O9. The minimum absolute atomic E-state index is 0.0979. The van der Waals surface area contributed by atoms with Gasteiger partial charge in [-0.05, 0) is 87.1 Å². The monoisotopic (exact) mass is 864 g/mol. The first-order chi connectivity index (χ1) is 30.3. The van der Waals surface area contributed by atoms with Gasteiger partial charge in [-0.1, -0.05) is 57.0 Å². The molecule has 6 heterocycles. The quantitative estimate of drug-likeness (QED) is 0.156. The summed E-state index contributed by atoms with van der Waals surface area (Å²) in [5.74, 6) is -1.59. The lowest BCUT2D eigenvalue weighted by molar-refractivity contribution is -0.231. The van der Waals surface area contributed by atoms with E-state index in [9.17, 15) is 19.8 Å². The Morgan fingerprint density at radius 1 is 0.921 bits per heavy atom. The van der Waals surface area contributed by atoms with E-state index in [1.54, 1.807) is 7.11 Å². The molecule has 2 bridgehead atoms. The molecule has 338 valence electrons. The number of carbonyl (C=O) groups excluding carboxylic acids is 3. The number of anilines is 1. The summed E-state index contributed by atoms with van der Waals surface area (Å²) in [5.41, 5.74) is -1.55. The van der Waals surface area contributed by atoms with E-state index in [1.165, 1.54) is 14.2 Å². The van der Waals surface area contributed by atoms with Crippen LogP contribution in [0.25, 0.3) is 10.9 Å². The molecule has 3 aromatic rings. The molecule has 10 rings (SSSR count). The molecule has 2 aromatic carbocycles. The van der Waals surface area contributed by atoms with E-state index in [4.69, 9.17) is 18.9 Å². The number of methoxy groups -OCH3 is 3. The lowest BCUT2D eigenvalue weighted by Gasteiger charge is -2.63. The zero-order valence-electron chi connectivity index (χ0n) is 37.7. The molecule has 63 heavy (non-hydrogen) atoms. The van der Waals surface area contributed by atoms with Crippen LogP contribution < -0.4 is 9.64 Å². The number of ether oxygens (including phenoxy) is 4. The first-order valence-electron chi connectivity index (χ1n) is 23.3. The predicted molar refractivity (Wildman–Crippen MR) is 237 cm³/mol. The van der Waals surface area contributed by atoms with Crippen molar-refractivity contribution in [1.82, 2.24) is 14.8 Å². The Labute approximate surface area is 370 Å². The van der Waals surface area contributed by atoms with E-state index < -0.39 is 51.5 Å². The molecule has 10 atom stereocenters. The zero-order valence-corrected chi connectivity index (χ0v) is 37.7. The maximum absolute atomic E-state index is 15.4. The summed E-state index contributed by atoms with van der Waals surface area (Å²) in [6.45, 7) is 7.40.